The van der Waals surface area contributed by atoms with E-state index in [9.17, 15) is 4.79 Å². The van der Waals surface area contributed by atoms with Gasteiger partial charge < -0.3 is 29.7 Å². The standard InChI is InChI=1S/C30H36F2N8O2/c1-9-27(41)35-22-14-23(26(42-8)15-24(22)39(7)11-10-38(5)6)36-30-33-16-21(32)28(37-30)19-12-20(31)29-25(13-19)40(17(2)3)18(4)34-29/h9,12-17H,1,10-11H2,2-8H3,(H,35,41)(H,33,36,37). The van der Waals surface area contributed by atoms with Crippen LogP contribution in [0.5, 0.6) is 5.75 Å². The van der Waals surface area contributed by atoms with Crippen LogP contribution >= 0.6 is 0 Å². The van der Waals surface area contributed by atoms with Gasteiger partial charge in [0.2, 0.25) is 11.9 Å². The van der Waals surface area contributed by atoms with Gasteiger partial charge in [-0.05, 0) is 59.1 Å². The Morgan fingerprint density at radius 2 is 1.83 bits per heavy atom. The number of fused-ring (bicyclic) bond motifs is 1. The number of benzene rings is 2. The van der Waals surface area contributed by atoms with Gasteiger partial charge in [0.05, 0.1) is 35.9 Å². The molecule has 0 bridgehead atoms. The summed E-state index contributed by atoms with van der Waals surface area (Å²) in [5.41, 5.74) is 2.56. The Hall–Kier alpha value is -4.58. The van der Waals surface area contributed by atoms with Gasteiger partial charge in [-0.1, -0.05) is 6.58 Å². The Labute approximate surface area is 244 Å². The third-order valence-corrected chi connectivity index (χ3v) is 6.76. The number of halogens is 2. The summed E-state index contributed by atoms with van der Waals surface area (Å²) in [6, 6.07) is 6.38. The van der Waals surface area contributed by atoms with Crippen molar-refractivity contribution in [1.29, 1.82) is 0 Å². The van der Waals surface area contributed by atoms with Crippen LogP contribution < -0.4 is 20.3 Å². The number of anilines is 4. The Morgan fingerprint density at radius 3 is 2.48 bits per heavy atom. The zero-order valence-corrected chi connectivity index (χ0v) is 24.9. The SMILES string of the molecule is C=CC(=O)Nc1cc(Nc2ncc(F)c(-c3cc(F)c4nc(C)n(C(C)C)c4c3)n2)c(OC)cc1N(C)CCN(C)C. The van der Waals surface area contributed by atoms with Crippen LogP contribution in [-0.4, -0.2) is 71.7 Å². The van der Waals surface area contributed by atoms with Crippen molar-refractivity contribution in [1.82, 2.24) is 24.4 Å². The molecule has 12 heteroatoms. The lowest BCUT2D eigenvalue weighted by Gasteiger charge is -2.26. The lowest BCUT2D eigenvalue weighted by atomic mass is 10.1. The van der Waals surface area contributed by atoms with Crippen molar-refractivity contribution in [3.05, 3.63) is 60.6 Å². The number of carbonyl (C=O) groups is 1. The fourth-order valence-corrected chi connectivity index (χ4v) is 4.71. The third-order valence-electron chi connectivity index (χ3n) is 6.76. The molecule has 2 heterocycles. The molecule has 4 rings (SSSR count). The summed E-state index contributed by atoms with van der Waals surface area (Å²) in [4.78, 5) is 29.1. The van der Waals surface area contributed by atoms with Crippen molar-refractivity contribution in [2.75, 3.05) is 56.9 Å². The molecule has 0 fully saturated rings. The van der Waals surface area contributed by atoms with Crippen molar-refractivity contribution >= 4 is 40.0 Å². The van der Waals surface area contributed by atoms with Crippen LogP contribution in [0.3, 0.4) is 0 Å². The maximum atomic E-state index is 15.1. The van der Waals surface area contributed by atoms with Crippen LogP contribution in [0.15, 0.2) is 43.1 Å². The molecule has 0 aliphatic rings. The molecule has 10 nitrogen and oxygen atoms in total. The van der Waals surface area contributed by atoms with Crippen molar-refractivity contribution in [3.8, 4) is 17.0 Å². The van der Waals surface area contributed by atoms with Crippen LogP contribution in [0.1, 0.15) is 25.7 Å². The molecular formula is C30H36F2N8O2. The van der Waals surface area contributed by atoms with Crippen LogP contribution in [0, 0.1) is 18.6 Å². The normalized spacial score (nSPS) is 11.3. The molecule has 0 atom stereocenters. The van der Waals surface area contributed by atoms with Crippen LogP contribution in [0.2, 0.25) is 0 Å². The first kappa shape index (κ1) is 30.4. The average molecular weight is 579 g/mol. The molecule has 1 amide bonds. The van der Waals surface area contributed by atoms with Crippen molar-refractivity contribution in [3.63, 3.8) is 0 Å². The Balaban J connectivity index is 1.76. The topological polar surface area (TPSA) is 100 Å². The molecule has 2 aromatic carbocycles. The number of rotatable bonds is 11. The molecule has 0 aliphatic carbocycles. The minimum Gasteiger partial charge on any atom is -0.494 e. The van der Waals surface area contributed by atoms with E-state index in [1.807, 2.05) is 44.5 Å². The quantitative estimate of drug-likeness (QED) is 0.224. The predicted octanol–water partition coefficient (Wildman–Crippen LogP) is 5.54. The van der Waals surface area contributed by atoms with Gasteiger partial charge in [-0.2, -0.15) is 0 Å². The van der Waals surface area contributed by atoms with Crippen molar-refractivity contribution < 1.29 is 18.3 Å². The predicted molar refractivity (Wildman–Crippen MR) is 163 cm³/mol. The molecule has 0 spiro atoms. The van der Waals surface area contributed by atoms with E-state index in [0.717, 1.165) is 18.4 Å². The number of ether oxygens (including phenoxy) is 1. The van der Waals surface area contributed by atoms with E-state index in [1.165, 1.54) is 19.3 Å². The van der Waals surface area contributed by atoms with E-state index in [1.54, 1.807) is 25.1 Å². The summed E-state index contributed by atoms with van der Waals surface area (Å²) in [5.74, 6) is -0.526. The number of aromatic nitrogens is 4. The number of hydrogen-bond acceptors (Lipinski definition) is 8. The highest BCUT2D eigenvalue weighted by atomic mass is 19.1. The van der Waals surface area contributed by atoms with E-state index < -0.39 is 11.6 Å². The number of nitrogens with zero attached hydrogens (tertiary/aromatic N) is 6. The average Bonchev–Trinajstić information content (AvgIpc) is 3.29. The lowest BCUT2D eigenvalue weighted by molar-refractivity contribution is -0.111. The molecule has 0 saturated carbocycles. The van der Waals surface area contributed by atoms with Crippen molar-refractivity contribution in [2.24, 2.45) is 0 Å². The van der Waals surface area contributed by atoms with Gasteiger partial charge in [0, 0.05) is 37.8 Å². The second kappa shape index (κ2) is 12.5. The second-order valence-corrected chi connectivity index (χ2v) is 10.5. The maximum absolute atomic E-state index is 15.1. The smallest absolute Gasteiger partial charge is 0.247 e. The van der Waals surface area contributed by atoms with E-state index >= 15 is 8.78 Å². The highest BCUT2D eigenvalue weighted by Crippen LogP contribution is 2.38. The fourth-order valence-electron chi connectivity index (χ4n) is 4.71. The third kappa shape index (κ3) is 6.33. The molecule has 2 aromatic heterocycles. The molecule has 2 N–H and O–H groups in total. The number of amides is 1. The summed E-state index contributed by atoms with van der Waals surface area (Å²) in [7, 11) is 7.38. The number of aryl methyl sites for hydroxylation is 1. The van der Waals surface area contributed by atoms with E-state index in [2.05, 4.69) is 37.1 Å². The summed E-state index contributed by atoms with van der Waals surface area (Å²) < 4.78 is 37.7. The van der Waals surface area contributed by atoms with Crippen LogP contribution in [0.25, 0.3) is 22.3 Å². The van der Waals surface area contributed by atoms with Crippen LogP contribution in [0.4, 0.5) is 31.8 Å². The fraction of sp³-hybridized carbons (Fsp3) is 0.333. The summed E-state index contributed by atoms with van der Waals surface area (Å²) in [6.45, 7) is 10.7. The van der Waals surface area contributed by atoms with E-state index in [-0.39, 0.29) is 34.7 Å². The summed E-state index contributed by atoms with van der Waals surface area (Å²) >= 11 is 0. The van der Waals surface area contributed by atoms with Crippen LogP contribution in [-0.2, 0) is 4.79 Å². The molecule has 0 saturated heterocycles. The number of nitrogens with one attached hydrogen (secondary N) is 2. The van der Waals surface area contributed by atoms with E-state index in [0.29, 0.717) is 35.0 Å². The number of likely N-dealkylation sites (N-methyl/N-ethyl adjacent to an activating group) is 2. The zero-order valence-electron chi connectivity index (χ0n) is 24.9. The zero-order chi connectivity index (χ0) is 30.7. The molecule has 0 radical (unpaired) electrons. The maximum Gasteiger partial charge on any atom is 0.247 e. The van der Waals surface area contributed by atoms with Gasteiger partial charge in [0.15, 0.2) is 11.6 Å². The monoisotopic (exact) mass is 578 g/mol. The van der Waals surface area contributed by atoms with E-state index in [4.69, 9.17) is 4.74 Å². The number of imidazole rings is 1. The number of carbonyl (C=O) groups excluding carboxylic acids is 1. The minimum atomic E-state index is -0.713. The molecular weight excluding hydrogens is 542 g/mol. The van der Waals surface area contributed by atoms with Gasteiger partial charge >= 0.3 is 0 Å². The largest absolute Gasteiger partial charge is 0.494 e. The molecule has 0 unspecified atom stereocenters. The first-order valence-corrected chi connectivity index (χ1v) is 13.4. The molecule has 4 aromatic rings. The Morgan fingerprint density at radius 1 is 1.10 bits per heavy atom. The summed E-state index contributed by atoms with van der Waals surface area (Å²) in [6.07, 6.45) is 2.20. The second-order valence-electron chi connectivity index (χ2n) is 10.5. The Bertz CT molecular complexity index is 1630. The van der Waals surface area contributed by atoms with Gasteiger partial charge in [0.25, 0.3) is 0 Å². The molecule has 222 valence electrons. The first-order chi connectivity index (χ1) is 19.9. The highest BCUT2D eigenvalue weighted by Gasteiger charge is 2.20. The first-order valence-electron chi connectivity index (χ1n) is 13.4. The number of hydrogen-bond donors (Lipinski definition) is 2. The van der Waals surface area contributed by atoms with Gasteiger partial charge in [-0.3, -0.25) is 4.79 Å². The van der Waals surface area contributed by atoms with Gasteiger partial charge in [-0.15, -0.1) is 0 Å². The summed E-state index contributed by atoms with van der Waals surface area (Å²) in [5, 5.41) is 5.90. The van der Waals surface area contributed by atoms with Crippen molar-refractivity contribution in [2.45, 2.75) is 26.8 Å². The van der Waals surface area contributed by atoms with Gasteiger partial charge in [-0.25, -0.2) is 23.7 Å². The Kier molecular flexibility index (Phi) is 9.05. The number of methoxy groups -OCH3 is 1. The minimum absolute atomic E-state index is 0.0188. The lowest BCUT2D eigenvalue weighted by Crippen LogP contribution is -2.29. The molecule has 42 heavy (non-hydrogen) atoms. The van der Waals surface area contributed by atoms with Gasteiger partial charge in [0.1, 0.15) is 22.8 Å². The molecule has 0 aliphatic heterocycles. The highest BCUT2D eigenvalue weighted by molar-refractivity contribution is 6.02.